The molecule has 0 saturated heterocycles. The minimum absolute atomic E-state index is 0.115. The van der Waals surface area contributed by atoms with Crippen molar-refractivity contribution in [1.82, 2.24) is 0 Å². The summed E-state index contributed by atoms with van der Waals surface area (Å²) in [5.41, 5.74) is 8.27. The van der Waals surface area contributed by atoms with E-state index in [1.807, 2.05) is 0 Å². The molecule has 2 nitrogen and oxygen atoms in total. The predicted octanol–water partition coefficient (Wildman–Crippen LogP) is 9.96. The first kappa shape index (κ1) is 24.4. The minimum Gasteiger partial charge on any atom is -0.309 e. The van der Waals surface area contributed by atoms with E-state index >= 15 is 0 Å². The molecule has 1 aliphatic rings. The second kappa shape index (κ2) is 9.50. The molecule has 0 radical (unpaired) electrons. The van der Waals surface area contributed by atoms with Crippen LogP contribution in [0, 0.1) is 0 Å². The number of allylic oxidation sites excluding steroid dienone is 1. The topological polar surface area (TPSA) is 7.12 Å². The van der Waals surface area contributed by atoms with Crippen molar-refractivity contribution in [2.24, 2.45) is 0 Å². The van der Waals surface area contributed by atoms with E-state index in [0.717, 1.165) is 18.5 Å². The number of anilines is 3. The van der Waals surface area contributed by atoms with Crippen LogP contribution in [0.2, 0.25) is 0 Å². The van der Waals surface area contributed by atoms with Crippen LogP contribution in [-0.4, -0.2) is 0 Å². The number of benzene rings is 5. The van der Waals surface area contributed by atoms with Crippen LogP contribution in [0.25, 0.3) is 38.4 Å². The van der Waals surface area contributed by atoms with Crippen molar-refractivity contribution < 1.29 is 4.57 Å². The van der Waals surface area contributed by atoms with E-state index < -0.39 is 0 Å². The SMILES string of the molecule is C=C1c2ccc(N(c3cccc4ccccc34)c3cccc4ccccc34)cc2-c2cccc[n+]2C1(CC)CC. The van der Waals surface area contributed by atoms with Crippen LogP contribution in [0.5, 0.6) is 0 Å². The third-order valence-electron chi connectivity index (χ3n) is 8.93. The Morgan fingerprint density at radius 1 is 0.625 bits per heavy atom. The van der Waals surface area contributed by atoms with Crippen molar-refractivity contribution in [3.63, 3.8) is 0 Å². The first-order valence-electron chi connectivity index (χ1n) is 14.3. The molecule has 0 unspecified atom stereocenters. The second-order valence-corrected chi connectivity index (χ2v) is 10.7. The average Bonchev–Trinajstić information content (AvgIpc) is 3.02. The lowest BCUT2D eigenvalue weighted by Gasteiger charge is -2.35. The van der Waals surface area contributed by atoms with E-state index in [9.17, 15) is 0 Å². The van der Waals surface area contributed by atoms with Crippen molar-refractivity contribution in [3.8, 4) is 11.3 Å². The molecule has 40 heavy (non-hydrogen) atoms. The summed E-state index contributed by atoms with van der Waals surface area (Å²) in [6.45, 7) is 9.24. The molecule has 2 heterocycles. The molecule has 0 spiro atoms. The van der Waals surface area contributed by atoms with Crippen LogP contribution in [0.1, 0.15) is 32.3 Å². The van der Waals surface area contributed by atoms with E-state index in [-0.39, 0.29) is 5.54 Å². The van der Waals surface area contributed by atoms with Crippen LogP contribution in [0.4, 0.5) is 17.1 Å². The lowest BCUT2D eigenvalue weighted by Crippen LogP contribution is -2.59. The second-order valence-electron chi connectivity index (χ2n) is 10.7. The van der Waals surface area contributed by atoms with Gasteiger partial charge in [-0.05, 0) is 46.7 Å². The third kappa shape index (κ3) is 3.53. The predicted molar refractivity (Wildman–Crippen MR) is 169 cm³/mol. The molecular weight excluding hydrogens is 484 g/mol. The Morgan fingerprint density at radius 2 is 1.20 bits per heavy atom. The van der Waals surface area contributed by atoms with Crippen LogP contribution in [-0.2, 0) is 5.54 Å². The molecule has 0 bridgehead atoms. The summed E-state index contributed by atoms with van der Waals surface area (Å²) in [6, 6.07) is 44.0. The van der Waals surface area contributed by atoms with E-state index in [2.05, 4.69) is 157 Å². The molecule has 1 aromatic heterocycles. The standard InChI is InChI=1S/C38H33N2/c1-4-38(5-2)27(3)31-24-23-30(26-34(31)35-20-10-11-25-39(35)38)40(36-21-12-16-28-14-6-8-18-32(28)36)37-22-13-17-29-15-7-9-19-33(29)37/h6-26H,3-5H2,1-2H3/q+1. The number of hydrogen-bond donors (Lipinski definition) is 0. The molecule has 0 atom stereocenters. The molecule has 0 fully saturated rings. The summed E-state index contributed by atoms with van der Waals surface area (Å²) in [5, 5.41) is 4.91. The minimum atomic E-state index is -0.115. The number of aromatic nitrogens is 1. The first-order chi connectivity index (χ1) is 19.7. The lowest BCUT2D eigenvalue weighted by atomic mass is 9.75. The molecule has 5 aromatic carbocycles. The van der Waals surface area contributed by atoms with Crippen molar-refractivity contribution in [1.29, 1.82) is 0 Å². The molecule has 0 amide bonds. The fourth-order valence-electron chi connectivity index (χ4n) is 6.81. The molecule has 0 N–H and O–H groups in total. The molecule has 6 aromatic rings. The fraction of sp³-hybridized carbons (Fsp3) is 0.132. The zero-order valence-electron chi connectivity index (χ0n) is 23.1. The van der Waals surface area contributed by atoms with Crippen molar-refractivity contribution in [3.05, 3.63) is 140 Å². The highest BCUT2D eigenvalue weighted by molar-refractivity contribution is 6.05. The maximum atomic E-state index is 4.69. The van der Waals surface area contributed by atoms with Gasteiger partial charge in [0, 0.05) is 47.0 Å². The average molecular weight is 518 g/mol. The summed E-state index contributed by atoms with van der Waals surface area (Å²) >= 11 is 0. The Hall–Kier alpha value is -4.69. The number of rotatable bonds is 5. The molecule has 0 aliphatic carbocycles. The van der Waals surface area contributed by atoms with E-state index in [4.69, 9.17) is 0 Å². The Labute approximate surface area is 236 Å². The largest absolute Gasteiger partial charge is 0.309 e. The van der Waals surface area contributed by atoms with E-state index in [0.29, 0.717) is 0 Å². The van der Waals surface area contributed by atoms with Gasteiger partial charge in [0.05, 0.1) is 16.9 Å². The fourth-order valence-corrected chi connectivity index (χ4v) is 6.81. The Morgan fingerprint density at radius 3 is 1.82 bits per heavy atom. The van der Waals surface area contributed by atoms with E-state index in [1.54, 1.807) is 0 Å². The summed E-state index contributed by atoms with van der Waals surface area (Å²) in [7, 11) is 0. The monoisotopic (exact) mass is 517 g/mol. The van der Waals surface area contributed by atoms with Crippen LogP contribution < -0.4 is 9.47 Å². The van der Waals surface area contributed by atoms with Crippen LogP contribution >= 0.6 is 0 Å². The zero-order chi connectivity index (χ0) is 27.3. The number of fused-ring (bicyclic) bond motifs is 5. The normalized spacial score (nSPS) is 13.7. The number of hydrogen-bond acceptors (Lipinski definition) is 1. The quantitative estimate of drug-likeness (QED) is 0.206. The van der Waals surface area contributed by atoms with Gasteiger partial charge in [-0.1, -0.05) is 99.3 Å². The Bertz CT molecular complexity index is 1820. The Balaban J connectivity index is 1.53. The number of nitrogens with zero attached hydrogens (tertiary/aromatic N) is 2. The molecule has 194 valence electrons. The molecule has 0 saturated carbocycles. The van der Waals surface area contributed by atoms with Gasteiger partial charge in [-0.25, -0.2) is 0 Å². The molecule has 2 heteroatoms. The summed E-state index contributed by atoms with van der Waals surface area (Å²) in [5.74, 6) is 0. The van der Waals surface area contributed by atoms with Gasteiger partial charge < -0.3 is 4.90 Å². The highest BCUT2D eigenvalue weighted by Crippen LogP contribution is 2.47. The highest BCUT2D eigenvalue weighted by atomic mass is 15.1. The van der Waals surface area contributed by atoms with Crippen molar-refractivity contribution >= 4 is 44.2 Å². The third-order valence-corrected chi connectivity index (χ3v) is 8.93. The van der Waals surface area contributed by atoms with Gasteiger partial charge in [0.1, 0.15) is 0 Å². The van der Waals surface area contributed by atoms with Gasteiger partial charge in [-0.2, -0.15) is 4.57 Å². The highest BCUT2D eigenvalue weighted by Gasteiger charge is 2.46. The van der Waals surface area contributed by atoms with Gasteiger partial charge in [-0.3, -0.25) is 0 Å². The number of pyridine rings is 1. The molecule has 1 aliphatic heterocycles. The van der Waals surface area contributed by atoms with Crippen LogP contribution in [0.15, 0.2) is 134 Å². The van der Waals surface area contributed by atoms with Crippen molar-refractivity contribution in [2.45, 2.75) is 32.2 Å². The maximum absolute atomic E-state index is 4.69. The van der Waals surface area contributed by atoms with E-state index in [1.165, 1.54) is 55.3 Å². The maximum Gasteiger partial charge on any atom is 0.213 e. The zero-order valence-corrected chi connectivity index (χ0v) is 23.1. The summed E-state index contributed by atoms with van der Waals surface area (Å²) in [6.07, 6.45) is 4.24. The van der Waals surface area contributed by atoms with Crippen molar-refractivity contribution in [2.75, 3.05) is 4.90 Å². The van der Waals surface area contributed by atoms with Gasteiger partial charge in [0.25, 0.3) is 0 Å². The van der Waals surface area contributed by atoms with Gasteiger partial charge in [-0.15, -0.1) is 0 Å². The lowest BCUT2D eigenvalue weighted by molar-refractivity contribution is -0.741. The van der Waals surface area contributed by atoms with Gasteiger partial charge in [0.15, 0.2) is 11.7 Å². The first-order valence-corrected chi connectivity index (χ1v) is 14.3. The summed E-state index contributed by atoms with van der Waals surface area (Å²) in [4.78, 5) is 2.43. The van der Waals surface area contributed by atoms with Crippen LogP contribution in [0.3, 0.4) is 0 Å². The molecule has 7 rings (SSSR count). The Kier molecular flexibility index (Phi) is 5.78. The summed E-state index contributed by atoms with van der Waals surface area (Å²) < 4.78 is 2.46. The molecular formula is C38H33N2+. The van der Waals surface area contributed by atoms with Gasteiger partial charge in [0.2, 0.25) is 5.69 Å². The smallest absolute Gasteiger partial charge is 0.213 e. The van der Waals surface area contributed by atoms with Gasteiger partial charge >= 0.3 is 0 Å².